The molecule has 0 aliphatic heterocycles. The summed E-state index contributed by atoms with van der Waals surface area (Å²) in [7, 11) is 1.60. The highest BCUT2D eigenvalue weighted by atomic mass is 19.1. The van der Waals surface area contributed by atoms with E-state index in [1.807, 2.05) is 6.92 Å². The maximum Gasteiger partial charge on any atom is 0.128 e. The topological polar surface area (TPSA) is 21.3 Å². The van der Waals surface area contributed by atoms with Crippen LogP contribution in [-0.4, -0.2) is 20.3 Å². The molecule has 1 aromatic rings. The summed E-state index contributed by atoms with van der Waals surface area (Å²) in [4.78, 5) is 0. The van der Waals surface area contributed by atoms with Gasteiger partial charge < -0.3 is 10.1 Å². The number of methoxy groups -OCH3 is 1. The minimum atomic E-state index is -0.415. The maximum absolute atomic E-state index is 13.6. The normalized spacial score (nSPS) is 12.7. The minimum Gasteiger partial charge on any atom is -0.385 e. The lowest BCUT2D eigenvalue weighted by Crippen LogP contribution is -2.24. The third-order valence-electron chi connectivity index (χ3n) is 2.58. The van der Waals surface area contributed by atoms with Crippen LogP contribution >= 0.6 is 0 Å². The molecule has 0 spiro atoms. The lowest BCUT2D eigenvalue weighted by atomic mass is 10.0. The van der Waals surface area contributed by atoms with Crippen LogP contribution in [-0.2, 0) is 4.74 Å². The first kappa shape index (κ1) is 14.1. The molecule has 0 aromatic heterocycles. The summed E-state index contributed by atoms with van der Waals surface area (Å²) < 4.78 is 31.7. The number of benzene rings is 1. The van der Waals surface area contributed by atoms with E-state index in [9.17, 15) is 8.78 Å². The van der Waals surface area contributed by atoms with Gasteiger partial charge in [-0.25, -0.2) is 8.78 Å². The molecule has 17 heavy (non-hydrogen) atoms. The molecule has 2 nitrogen and oxygen atoms in total. The third kappa shape index (κ3) is 4.40. The molecule has 96 valence electrons. The van der Waals surface area contributed by atoms with Gasteiger partial charge >= 0.3 is 0 Å². The van der Waals surface area contributed by atoms with E-state index in [0.717, 1.165) is 25.1 Å². The van der Waals surface area contributed by atoms with Crippen LogP contribution in [0.2, 0.25) is 0 Å². The third-order valence-corrected chi connectivity index (χ3v) is 2.58. The van der Waals surface area contributed by atoms with Crippen LogP contribution < -0.4 is 5.32 Å². The zero-order valence-electron chi connectivity index (χ0n) is 10.3. The molecule has 0 aliphatic carbocycles. The van der Waals surface area contributed by atoms with Crippen LogP contribution in [0, 0.1) is 11.6 Å². The maximum atomic E-state index is 13.6. The van der Waals surface area contributed by atoms with Gasteiger partial charge in [0.25, 0.3) is 0 Å². The fourth-order valence-electron chi connectivity index (χ4n) is 1.70. The SMILES string of the molecule is CCCNC(CCOC)c1cc(F)ccc1F. The van der Waals surface area contributed by atoms with Crippen LogP contribution in [0.25, 0.3) is 0 Å². The van der Waals surface area contributed by atoms with E-state index in [1.165, 1.54) is 6.07 Å². The average molecular weight is 243 g/mol. The van der Waals surface area contributed by atoms with Gasteiger partial charge in [-0.15, -0.1) is 0 Å². The van der Waals surface area contributed by atoms with Gasteiger partial charge in [0.2, 0.25) is 0 Å². The van der Waals surface area contributed by atoms with Crippen molar-refractivity contribution in [1.29, 1.82) is 0 Å². The Morgan fingerprint density at radius 3 is 2.76 bits per heavy atom. The molecule has 0 fully saturated rings. The van der Waals surface area contributed by atoms with Gasteiger partial charge in [0, 0.05) is 25.3 Å². The van der Waals surface area contributed by atoms with Crippen LogP contribution in [0.15, 0.2) is 18.2 Å². The quantitative estimate of drug-likeness (QED) is 0.794. The van der Waals surface area contributed by atoms with Gasteiger partial charge in [0.15, 0.2) is 0 Å². The van der Waals surface area contributed by atoms with E-state index >= 15 is 0 Å². The second-order valence-electron chi connectivity index (χ2n) is 3.95. The van der Waals surface area contributed by atoms with Crippen LogP contribution in [0.5, 0.6) is 0 Å². The molecule has 1 N–H and O–H groups in total. The fraction of sp³-hybridized carbons (Fsp3) is 0.538. The first-order chi connectivity index (χ1) is 8.19. The largest absolute Gasteiger partial charge is 0.385 e. The number of halogens is 2. The molecule has 0 aliphatic rings. The van der Waals surface area contributed by atoms with Gasteiger partial charge in [0.05, 0.1) is 0 Å². The Labute approximate surface area is 101 Å². The summed E-state index contributed by atoms with van der Waals surface area (Å²) in [5.74, 6) is -0.793. The van der Waals surface area contributed by atoms with E-state index in [2.05, 4.69) is 5.32 Å². The van der Waals surface area contributed by atoms with E-state index in [-0.39, 0.29) is 11.9 Å². The molecule has 0 bridgehead atoms. The van der Waals surface area contributed by atoms with Crippen molar-refractivity contribution in [3.63, 3.8) is 0 Å². The average Bonchev–Trinajstić information content (AvgIpc) is 2.33. The fourth-order valence-corrected chi connectivity index (χ4v) is 1.70. The second-order valence-corrected chi connectivity index (χ2v) is 3.95. The Hall–Kier alpha value is -1.00. The predicted octanol–water partition coefficient (Wildman–Crippen LogP) is 3.04. The van der Waals surface area contributed by atoms with Gasteiger partial charge in [-0.05, 0) is 37.6 Å². The smallest absolute Gasteiger partial charge is 0.128 e. The van der Waals surface area contributed by atoms with E-state index in [1.54, 1.807) is 7.11 Å². The molecule has 1 aromatic carbocycles. The molecule has 0 amide bonds. The van der Waals surface area contributed by atoms with Gasteiger partial charge in [-0.3, -0.25) is 0 Å². The van der Waals surface area contributed by atoms with Gasteiger partial charge in [-0.1, -0.05) is 6.92 Å². The van der Waals surface area contributed by atoms with Gasteiger partial charge in [-0.2, -0.15) is 0 Å². The monoisotopic (exact) mass is 243 g/mol. The van der Waals surface area contributed by atoms with Crippen molar-refractivity contribution in [2.24, 2.45) is 0 Å². The standard InChI is InChI=1S/C13H19F2NO/c1-3-7-16-13(6-8-17-2)11-9-10(14)4-5-12(11)15/h4-5,9,13,16H,3,6-8H2,1-2H3. The van der Waals surface area contributed by atoms with Crippen molar-refractivity contribution < 1.29 is 13.5 Å². The van der Waals surface area contributed by atoms with Crippen molar-refractivity contribution in [2.45, 2.75) is 25.8 Å². The summed E-state index contributed by atoms with van der Waals surface area (Å²) in [5, 5.41) is 3.20. The molecule has 1 rings (SSSR count). The Morgan fingerprint density at radius 1 is 1.35 bits per heavy atom. The zero-order valence-corrected chi connectivity index (χ0v) is 10.3. The lowest BCUT2D eigenvalue weighted by molar-refractivity contribution is 0.182. The highest BCUT2D eigenvalue weighted by Crippen LogP contribution is 2.21. The molecular formula is C13H19F2NO. The second kappa shape index (κ2) is 7.35. The van der Waals surface area contributed by atoms with Crippen molar-refractivity contribution in [1.82, 2.24) is 5.32 Å². The molecule has 4 heteroatoms. The summed E-state index contributed by atoms with van der Waals surface area (Å²) in [5.41, 5.74) is 0.371. The molecular weight excluding hydrogens is 224 g/mol. The van der Waals surface area contributed by atoms with Crippen LogP contribution in [0.4, 0.5) is 8.78 Å². The first-order valence-electron chi connectivity index (χ1n) is 5.86. The first-order valence-corrected chi connectivity index (χ1v) is 5.86. The number of hydrogen-bond donors (Lipinski definition) is 1. The zero-order chi connectivity index (χ0) is 12.7. The van der Waals surface area contributed by atoms with Crippen molar-refractivity contribution >= 4 is 0 Å². The lowest BCUT2D eigenvalue weighted by Gasteiger charge is -2.19. The van der Waals surface area contributed by atoms with Gasteiger partial charge in [0.1, 0.15) is 11.6 Å². The molecule has 1 unspecified atom stereocenters. The number of ether oxygens (including phenoxy) is 1. The number of rotatable bonds is 7. The molecule has 0 heterocycles. The minimum absolute atomic E-state index is 0.203. The van der Waals surface area contributed by atoms with E-state index in [0.29, 0.717) is 18.6 Å². The highest BCUT2D eigenvalue weighted by Gasteiger charge is 2.15. The molecule has 1 atom stereocenters. The Kier molecular flexibility index (Phi) is 6.08. The number of hydrogen-bond acceptors (Lipinski definition) is 2. The van der Waals surface area contributed by atoms with Crippen LogP contribution in [0.3, 0.4) is 0 Å². The Morgan fingerprint density at radius 2 is 2.12 bits per heavy atom. The van der Waals surface area contributed by atoms with E-state index < -0.39 is 5.82 Å². The molecule has 0 radical (unpaired) electrons. The van der Waals surface area contributed by atoms with E-state index in [4.69, 9.17) is 4.74 Å². The summed E-state index contributed by atoms with van der Waals surface area (Å²) >= 11 is 0. The summed E-state index contributed by atoms with van der Waals surface area (Å²) in [6, 6.07) is 3.34. The van der Waals surface area contributed by atoms with Crippen molar-refractivity contribution in [3.8, 4) is 0 Å². The molecule has 0 saturated heterocycles. The highest BCUT2D eigenvalue weighted by molar-refractivity contribution is 5.22. The van der Waals surface area contributed by atoms with Crippen molar-refractivity contribution in [3.05, 3.63) is 35.4 Å². The Balaban J connectivity index is 2.82. The van der Waals surface area contributed by atoms with Crippen LogP contribution in [0.1, 0.15) is 31.4 Å². The summed E-state index contributed by atoms with van der Waals surface area (Å²) in [6.07, 6.45) is 1.57. The Bertz CT molecular complexity index is 336. The summed E-state index contributed by atoms with van der Waals surface area (Å²) in [6.45, 7) is 3.31. The predicted molar refractivity (Wildman–Crippen MR) is 63.9 cm³/mol. The molecule has 0 saturated carbocycles. The number of nitrogens with one attached hydrogen (secondary N) is 1. The van der Waals surface area contributed by atoms with Crippen molar-refractivity contribution in [2.75, 3.05) is 20.3 Å².